The van der Waals surface area contributed by atoms with Crippen molar-refractivity contribution >= 4 is 17.4 Å². The monoisotopic (exact) mass is 390 g/mol. The van der Waals surface area contributed by atoms with Crippen LogP contribution in [0, 0.1) is 12.7 Å². The summed E-state index contributed by atoms with van der Waals surface area (Å²) >= 11 is 0. The van der Waals surface area contributed by atoms with Gasteiger partial charge in [-0.3, -0.25) is 4.79 Å². The number of nitrogens with zero attached hydrogens (tertiary/aromatic N) is 1. The molecule has 1 amide bonds. The van der Waals surface area contributed by atoms with Gasteiger partial charge < -0.3 is 0 Å². The van der Waals surface area contributed by atoms with Crippen molar-refractivity contribution in [3.05, 3.63) is 101 Å². The van der Waals surface area contributed by atoms with Gasteiger partial charge in [0.05, 0.1) is 13.5 Å². The molecule has 3 rings (SSSR count). The summed E-state index contributed by atoms with van der Waals surface area (Å²) in [5, 5.41) is 0. The van der Waals surface area contributed by atoms with Crippen molar-refractivity contribution in [3.63, 3.8) is 0 Å². The zero-order valence-corrected chi connectivity index (χ0v) is 17.0. The number of hydrogen-bond acceptors (Lipinski definition) is 2. The average Bonchev–Trinajstić information content (AvgIpc) is 2.69. The second kappa shape index (κ2) is 8.50. The molecule has 0 aliphatic rings. The first kappa shape index (κ1) is 20.6. The number of aryl methyl sites for hydroxylation is 1. The van der Waals surface area contributed by atoms with Gasteiger partial charge in [0.25, 0.3) is 0 Å². The SMILES string of the molecule is CC(=O)c1cccc(C[N+](C)(C(=O)Cc2ccc(F)cc2)c2cccc(C)c2)c1. The molecule has 0 saturated carbocycles. The summed E-state index contributed by atoms with van der Waals surface area (Å²) in [7, 11) is 1.89. The molecule has 0 spiro atoms. The molecule has 29 heavy (non-hydrogen) atoms. The molecule has 0 aliphatic carbocycles. The minimum absolute atomic E-state index is 0.00423. The molecule has 1 unspecified atom stereocenters. The quantitative estimate of drug-likeness (QED) is 0.426. The smallest absolute Gasteiger partial charge is 0.295 e. The van der Waals surface area contributed by atoms with Crippen molar-refractivity contribution in [2.24, 2.45) is 0 Å². The lowest BCUT2D eigenvalue weighted by atomic mass is 10.0. The Morgan fingerprint density at radius 1 is 0.897 bits per heavy atom. The molecule has 0 radical (unpaired) electrons. The fraction of sp³-hybridized carbons (Fsp3) is 0.200. The molecule has 0 saturated heterocycles. The van der Waals surface area contributed by atoms with Gasteiger partial charge in [0.15, 0.2) is 5.78 Å². The van der Waals surface area contributed by atoms with E-state index in [0.717, 1.165) is 22.4 Å². The highest BCUT2D eigenvalue weighted by Gasteiger charge is 2.35. The number of halogens is 1. The van der Waals surface area contributed by atoms with Crippen LogP contribution in [0.2, 0.25) is 0 Å². The summed E-state index contributed by atoms with van der Waals surface area (Å²) in [5.74, 6) is -0.331. The lowest BCUT2D eigenvalue weighted by Crippen LogP contribution is -2.50. The third-order valence-corrected chi connectivity index (χ3v) is 5.22. The van der Waals surface area contributed by atoms with Crippen molar-refractivity contribution in [1.82, 2.24) is 4.48 Å². The first-order chi connectivity index (χ1) is 13.8. The van der Waals surface area contributed by atoms with Crippen molar-refractivity contribution < 1.29 is 14.0 Å². The van der Waals surface area contributed by atoms with Gasteiger partial charge >= 0.3 is 5.91 Å². The Labute approximate surface area is 171 Å². The van der Waals surface area contributed by atoms with Gasteiger partial charge in [0, 0.05) is 17.2 Å². The molecule has 0 fully saturated rings. The standard InChI is InChI=1S/C25H25FNO2/c1-18-6-4-9-24(14-18)27(3,17-21-7-5-8-22(15-21)19(2)28)25(29)16-20-10-12-23(26)13-11-20/h4-15H,16-17H2,1-3H3/q+1. The Kier molecular flexibility index (Phi) is 6.04. The number of hydrogen-bond donors (Lipinski definition) is 0. The number of amides is 1. The number of benzene rings is 3. The van der Waals surface area contributed by atoms with E-state index in [9.17, 15) is 14.0 Å². The lowest BCUT2D eigenvalue weighted by Gasteiger charge is -2.32. The Balaban J connectivity index is 1.99. The number of carbonyl (C=O) groups is 2. The normalized spacial score (nSPS) is 13.0. The molecule has 1 atom stereocenters. The topological polar surface area (TPSA) is 34.1 Å². The van der Waals surface area contributed by atoms with Gasteiger partial charge in [-0.25, -0.2) is 13.7 Å². The second-order valence-corrected chi connectivity index (χ2v) is 7.64. The van der Waals surface area contributed by atoms with E-state index in [1.807, 2.05) is 56.4 Å². The van der Waals surface area contributed by atoms with E-state index in [0.29, 0.717) is 12.1 Å². The molecule has 3 nitrogen and oxygen atoms in total. The van der Waals surface area contributed by atoms with E-state index in [2.05, 4.69) is 0 Å². The minimum Gasteiger partial charge on any atom is -0.295 e. The Bertz CT molecular complexity index is 1040. The van der Waals surface area contributed by atoms with Crippen molar-refractivity contribution in [2.45, 2.75) is 26.8 Å². The summed E-state index contributed by atoms with van der Waals surface area (Å²) < 4.78 is 13.3. The summed E-state index contributed by atoms with van der Waals surface area (Å²) in [6.07, 6.45) is 0.192. The van der Waals surface area contributed by atoms with Crippen LogP contribution in [0.4, 0.5) is 10.1 Å². The predicted octanol–water partition coefficient (Wildman–Crippen LogP) is 5.24. The Morgan fingerprint density at radius 2 is 1.59 bits per heavy atom. The molecule has 0 bridgehead atoms. The number of likely N-dealkylation sites (N-methyl/N-ethyl adjacent to an activating group) is 1. The number of rotatable bonds is 6. The lowest BCUT2D eigenvalue weighted by molar-refractivity contribution is -0.129. The molecule has 0 N–H and O–H groups in total. The highest BCUT2D eigenvalue weighted by molar-refractivity contribution is 5.94. The maximum Gasteiger partial charge on any atom is 0.323 e. The predicted molar refractivity (Wildman–Crippen MR) is 114 cm³/mol. The number of ketones is 1. The van der Waals surface area contributed by atoms with Crippen LogP contribution in [-0.4, -0.2) is 18.7 Å². The van der Waals surface area contributed by atoms with Crippen LogP contribution in [-0.2, 0) is 17.8 Å². The molecule has 0 heterocycles. The van der Waals surface area contributed by atoms with Gasteiger partial charge in [0.2, 0.25) is 0 Å². The van der Waals surface area contributed by atoms with Crippen LogP contribution in [0.5, 0.6) is 0 Å². The Morgan fingerprint density at radius 3 is 2.24 bits per heavy atom. The number of quaternary nitrogens is 1. The van der Waals surface area contributed by atoms with E-state index >= 15 is 0 Å². The largest absolute Gasteiger partial charge is 0.323 e. The number of carbonyl (C=O) groups excluding carboxylic acids is 2. The first-order valence-electron chi connectivity index (χ1n) is 9.58. The van der Waals surface area contributed by atoms with Crippen LogP contribution in [0.3, 0.4) is 0 Å². The average molecular weight is 390 g/mol. The number of Topliss-reactive ketones (excluding diaryl/α,β-unsaturated/α-hetero) is 1. The fourth-order valence-electron chi connectivity index (χ4n) is 3.46. The molecule has 0 aromatic heterocycles. The highest BCUT2D eigenvalue weighted by Crippen LogP contribution is 2.27. The summed E-state index contributed by atoms with van der Waals surface area (Å²) in [6.45, 7) is 3.95. The van der Waals surface area contributed by atoms with Crippen LogP contribution < -0.4 is 4.48 Å². The van der Waals surface area contributed by atoms with Gasteiger partial charge in [-0.15, -0.1) is 0 Å². The van der Waals surface area contributed by atoms with E-state index < -0.39 is 0 Å². The van der Waals surface area contributed by atoms with Crippen LogP contribution in [0.1, 0.15) is 34.0 Å². The van der Waals surface area contributed by atoms with Gasteiger partial charge in [0.1, 0.15) is 18.0 Å². The van der Waals surface area contributed by atoms with Gasteiger partial charge in [-0.2, -0.15) is 0 Å². The maximum atomic E-state index is 13.5. The zero-order valence-electron chi connectivity index (χ0n) is 17.0. The molecule has 4 heteroatoms. The van der Waals surface area contributed by atoms with Crippen LogP contribution >= 0.6 is 0 Å². The summed E-state index contributed by atoms with van der Waals surface area (Å²) in [6, 6.07) is 21.3. The second-order valence-electron chi connectivity index (χ2n) is 7.64. The molecule has 148 valence electrons. The summed E-state index contributed by atoms with van der Waals surface area (Å²) in [4.78, 5) is 25.2. The third kappa shape index (κ3) is 4.84. The highest BCUT2D eigenvalue weighted by atomic mass is 19.1. The van der Waals surface area contributed by atoms with Gasteiger partial charge in [-0.05, 0) is 49.2 Å². The summed E-state index contributed by atoms with van der Waals surface area (Å²) in [5.41, 5.74) is 4.26. The maximum absolute atomic E-state index is 13.5. The fourth-order valence-corrected chi connectivity index (χ4v) is 3.46. The van der Waals surface area contributed by atoms with E-state index in [4.69, 9.17) is 0 Å². The molecule has 3 aromatic rings. The molecule has 3 aromatic carbocycles. The van der Waals surface area contributed by atoms with Crippen LogP contribution in [0.15, 0.2) is 72.8 Å². The van der Waals surface area contributed by atoms with E-state index in [1.54, 1.807) is 18.2 Å². The Hall–Kier alpha value is -3.11. The van der Waals surface area contributed by atoms with Crippen molar-refractivity contribution in [3.8, 4) is 0 Å². The zero-order chi connectivity index (χ0) is 21.0. The van der Waals surface area contributed by atoms with E-state index in [-0.39, 0.29) is 28.4 Å². The van der Waals surface area contributed by atoms with Crippen molar-refractivity contribution in [2.75, 3.05) is 7.05 Å². The minimum atomic E-state index is -0.321. The third-order valence-electron chi connectivity index (χ3n) is 5.22. The van der Waals surface area contributed by atoms with Crippen molar-refractivity contribution in [1.29, 1.82) is 0 Å². The van der Waals surface area contributed by atoms with Gasteiger partial charge in [-0.1, -0.05) is 42.5 Å². The molecular formula is C25H25FNO2+. The van der Waals surface area contributed by atoms with Crippen LogP contribution in [0.25, 0.3) is 0 Å². The van der Waals surface area contributed by atoms with E-state index in [1.165, 1.54) is 19.1 Å². The first-order valence-corrected chi connectivity index (χ1v) is 9.58. The molecule has 0 aliphatic heterocycles. The molecular weight excluding hydrogens is 365 g/mol.